The van der Waals surface area contributed by atoms with Gasteiger partial charge in [-0.3, -0.25) is 4.90 Å². The highest BCUT2D eigenvalue weighted by Gasteiger charge is 2.20. The van der Waals surface area contributed by atoms with Crippen molar-refractivity contribution in [1.82, 2.24) is 9.88 Å². The lowest BCUT2D eigenvalue weighted by Crippen LogP contribution is -2.38. The molecular weight excluding hydrogens is 394 g/mol. The van der Waals surface area contributed by atoms with E-state index < -0.39 is 0 Å². The van der Waals surface area contributed by atoms with Crippen LogP contribution in [0, 0.1) is 0 Å². The Kier molecular flexibility index (Phi) is 5.90. The van der Waals surface area contributed by atoms with Crippen LogP contribution in [-0.2, 0) is 6.54 Å². The summed E-state index contributed by atoms with van der Waals surface area (Å²) < 4.78 is 6.61. The minimum absolute atomic E-state index is 0.200. The van der Waals surface area contributed by atoms with Crippen LogP contribution in [0.2, 0.25) is 5.02 Å². The van der Waals surface area contributed by atoms with Crippen molar-refractivity contribution in [2.75, 3.05) is 25.0 Å². The SMILES string of the molecule is CCOc1cc(CN2CCC(Nc3nc4ccc(Cl)cc4s3)CC2)ccc1O. The first-order chi connectivity index (χ1) is 13.6. The molecule has 28 heavy (non-hydrogen) atoms. The number of benzene rings is 2. The number of rotatable bonds is 6. The number of thiazole rings is 1. The Balaban J connectivity index is 1.32. The molecule has 0 atom stereocenters. The summed E-state index contributed by atoms with van der Waals surface area (Å²) in [5, 5.41) is 15.2. The first-order valence-electron chi connectivity index (χ1n) is 9.60. The number of hydrogen-bond acceptors (Lipinski definition) is 6. The Morgan fingerprint density at radius 3 is 2.86 bits per heavy atom. The second-order valence-corrected chi connectivity index (χ2v) is 8.53. The number of phenols is 1. The molecular formula is C21H24ClN3O2S. The molecule has 2 aromatic carbocycles. The normalized spacial score (nSPS) is 15.8. The largest absolute Gasteiger partial charge is 0.504 e. The molecule has 5 nitrogen and oxygen atoms in total. The van der Waals surface area contributed by atoms with Crippen LogP contribution in [0.5, 0.6) is 11.5 Å². The van der Waals surface area contributed by atoms with Gasteiger partial charge in [-0.2, -0.15) is 0 Å². The monoisotopic (exact) mass is 417 g/mol. The van der Waals surface area contributed by atoms with Gasteiger partial charge in [0.15, 0.2) is 16.6 Å². The molecule has 1 fully saturated rings. The Labute approximate surface area is 173 Å². The Morgan fingerprint density at radius 1 is 1.25 bits per heavy atom. The van der Waals surface area contributed by atoms with Crippen LogP contribution >= 0.6 is 22.9 Å². The molecule has 148 valence electrons. The average molecular weight is 418 g/mol. The third-order valence-corrected chi connectivity index (χ3v) is 6.18. The number of nitrogens with one attached hydrogen (secondary N) is 1. The quantitative estimate of drug-likeness (QED) is 0.582. The van der Waals surface area contributed by atoms with Gasteiger partial charge in [0.05, 0.1) is 16.8 Å². The van der Waals surface area contributed by atoms with Crippen molar-refractivity contribution < 1.29 is 9.84 Å². The fourth-order valence-corrected chi connectivity index (χ4v) is 4.78. The van der Waals surface area contributed by atoms with Crippen molar-refractivity contribution in [2.45, 2.75) is 32.4 Å². The summed E-state index contributed by atoms with van der Waals surface area (Å²) in [4.78, 5) is 7.11. The van der Waals surface area contributed by atoms with Gasteiger partial charge in [-0.25, -0.2) is 4.98 Å². The molecule has 7 heteroatoms. The van der Waals surface area contributed by atoms with Gasteiger partial charge in [0.1, 0.15) is 0 Å². The Morgan fingerprint density at radius 2 is 2.07 bits per heavy atom. The summed E-state index contributed by atoms with van der Waals surface area (Å²) in [6, 6.07) is 11.9. The molecule has 1 saturated heterocycles. The van der Waals surface area contributed by atoms with E-state index in [0.29, 0.717) is 18.4 Å². The molecule has 2 heterocycles. The molecule has 0 aliphatic carbocycles. The topological polar surface area (TPSA) is 57.6 Å². The highest BCUT2D eigenvalue weighted by molar-refractivity contribution is 7.22. The van der Waals surface area contributed by atoms with E-state index in [9.17, 15) is 5.11 Å². The van der Waals surface area contributed by atoms with E-state index >= 15 is 0 Å². The molecule has 0 saturated carbocycles. The lowest BCUT2D eigenvalue weighted by molar-refractivity contribution is 0.211. The maximum absolute atomic E-state index is 9.86. The number of ether oxygens (including phenoxy) is 1. The first-order valence-corrected chi connectivity index (χ1v) is 10.8. The molecule has 1 aliphatic heterocycles. The maximum atomic E-state index is 9.86. The fourth-order valence-electron chi connectivity index (χ4n) is 3.56. The number of nitrogens with zero attached hydrogens (tertiary/aromatic N) is 2. The lowest BCUT2D eigenvalue weighted by Gasteiger charge is -2.32. The summed E-state index contributed by atoms with van der Waals surface area (Å²) in [5.41, 5.74) is 2.16. The van der Waals surface area contributed by atoms with E-state index in [0.717, 1.165) is 58.4 Å². The Hall–Kier alpha value is -2.02. The molecule has 3 aromatic rings. The number of aromatic nitrogens is 1. The van der Waals surface area contributed by atoms with Crippen LogP contribution in [0.1, 0.15) is 25.3 Å². The maximum Gasteiger partial charge on any atom is 0.184 e. The van der Waals surface area contributed by atoms with E-state index in [-0.39, 0.29) is 5.75 Å². The average Bonchev–Trinajstić information content (AvgIpc) is 3.07. The van der Waals surface area contributed by atoms with Gasteiger partial charge in [0, 0.05) is 30.7 Å². The predicted octanol–water partition coefficient (Wildman–Crippen LogP) is 5.13. The van der Waals surface area contributed by atoms with Gasteiger partial charge >= 0.3 is 0 Å². The van der Waals surface area contributed by atoms with Gasteiger partial charge < -0.3 is 15.2 Å². The van der Waals surface area contributed by atoms with E-state index in [1.807, 2.05) is 37.3 Å². The zero-order chi connectivity index (χ0) is 19.5. The van der Waals surface area contributed by atoms with Crippen LogP contribution in [0.25, 0.3) is 10.2 Å². The van der Waals surface area contributed by atoms with Crippen LogP contribution in [0.15, 0.2) is 36.4 Å². The molecule has 0 unspecified atom stereocenters. The summed E-state index contributed by atoms with van der Waals surface area (Å²) in [5.74, 6) is 0.762. The van der Waals surface area contributed by atoms with E-state index in [2.05, 4.69) is 15.2 Å². The van der Waals surface area contributed by atoms with Crippen molar-refractivity contribution in [3.05, 3.63) is 47.0 Å². The van der Waals surface area contributed by atoms with Gasteiger partial charge in [-0.05, 0) is 55.7 Å². The molecule has 0 radical (unpaired) electrons. The predicted molar refractivity (Wildman–Crippen MR) is 116 cm³/mol. The number of piperidine rings is 1. The zero-order valence-electron chi connectivity index (χ0n) is 15.8. The highest BCUT2D eigenvalue weighted by atomic mass is 35.5. The molecule has 1 aromatic heterocycles. The van der Waals surface area contributed by atoms with Gasteiger partial charge in [0.2, 0.25) is 0 Å². The second kappa shape index (κ2) is 8.55. The molecule has 0 bridgehead atoms. The van der Waals surface area contributed by atoms with E-state index in [4.69, 9.17) is 16.3 Å². The molecule has 2 N–H and O–H groups in total. The first kappa shape index (κ1) is 19.3. The van der Waals surface area contributed by atoms with Crippen LogP contribution in [0.4, 0.5) is 5.13 Å². The number of halogens is 1. The third kappa shape index (κ3) is 4.51. The Bertz CT molecular complexity index is 954. The van der Waals surface area contributed by atoms with Crippen molar-refractivity contribution in [2.24, 2.45) is 0 Å². The molecule has 1 aliphatic rings. The molecule has 4 rings (SSSR count). The summed E-state index contributed by atoms with van der Waals surface area (Å²) in [6.07, 6.45) is 2.15. The summed E-state index contributed by atoms with van der Waals surface area (Å²) in [7, 11) is 0. The van der Waals surface area contributed by atoms with Crippen molar-refractivity contribution >= 4 is 38.3 Å². The minimum atomic E-state index is 0.200. The summed E-state index contributed by atoms with van der Waals surface area (Å²) in [6.45, 7) is 5.39. The molecule has 0 amide bonds. The lowest BCUT2D eigenvalue weighted by atomic mass is 10.0. The number of anilines is 1. The second-order valence-electron chi connectivity index (χ2n) is 7.06. The molecule has 0 spiro atoms. The van der Waals surface area contributed by atoms with Crippen LogP contribution < -0.4 is 10.1 Å². The van der Waals surface area contributed by atoms with Gasteiger partial charge in [0.25, 0.3) is 0 Å². The number of hydrogen-bond donors (Lipinski definition) is 2. The van der Waals surface area contributed by atoms with Gasteiger partial charge in [-0.15, -0.1) is 0 Å². The van der Waals surface area contributed by atoms with E-state index in [1.165, 1.54) is 0 Å². The highest BCUT2D eigenvalue weighted by Crippen LogP contribution is 2.30. The van der Waals surface area contributed by atoms with Gasteiger partial charge in [-0.1, -0.05) is 29.0 Å². The van der Waals surface area contributed by atoms with Crippen molar-refractivity contribution in [3.8, 4) is 11.5 Å². The number of likely N-dealkylation sites (tertiary alicyclic amines) is 1. The summed E-state index contributed by atoms with van der Waals surface area (Å²) >= 11 is 7.73. The van der Waals surface area contributed by atoms with Crippen LogP contribution in [0.3, 0.4) is 0 Å². The zero-order valence-corrected chi connectivity index (χ0v) is 17.4. The van der Waals surface area contributed by atoms with Crippen molar-refractivity contribution in [1.29, 1.82) is 0 Å². The number of fused-ring (bicyclic) bond motifs is 1. The smallest absolute Gasteiger partial charge is 0.184 e. The van der Waals surface area contributed by atoms with E-state index in [1.54, 1.807) is 17.4 Å². The third-order valence-electron chi connectivity index (χ3n) is 5.00. The van der Waals surface area contributed by atoms with Crippen LogP contribution in [-0.4, -0.2) is 40.7 Å². The number of aromatic hydroxyl groups is 1. The fraction of sp³-hybridized carbons (Fsp3) is 0.381. The number of phenolic OH excluding ortho intramolecular Hbond substituents is 1. The van der Waals surface area contributed by atoms with Crippen molar-refractivity contribution in [3.63, 3.8) is 0 Å². The minimum Gasteiger partial charge on any atom is -0.504 e. The standard InChI is InChI=1S/C21H24ClN3O2S/c1-2-27-19-11-14(3-6-18(19)26)13-25-9-7-16(8-10-25)23-21-24-17-5-4-15(22)12-20(17)28-21/h3-6,11-12,16,26H,2,7-10,13H2,1H3,(H,23,24).